The van der Waals surface area contributed by atoms with Crippen molar-refractivity contribution in [2.75, 3.05) is 11.7 Å². The van der Waals surface area contributed by atoms with E-state index in [2.05, 4.69) is 69.1 Å². The molecule has 0 aliphatic heterocycles. The van der Waals surface area contributed by atoms with Crippen molar-refractivity contribution < 1.29 is 0 Å². The minimum atomic E-state index is 0.876. The number of halogens is 2. The fourth-order valence-corrected chi connectivity index (χ4v) is 1.49. The van der Waals surface area contributed by atoms with Crippen LogP contribution in [0.4, 0.5) is 0 Å². The van der Waals surface area contributed by atoms with Gasteiger partial charge >= 0.3 is 0 Å². The van der Waals surface area contributed by atoms with Crippen molar-refractivity contribution in [3.05, 3.63) is 35.9 Å². The molecule has 2 unspecified atom stereocenters. The van der Waals surface area contributed by atoms with Crippen LogP contribution in [0, 0.1) is 5.92 Å². The molecule has 0 nitrogen and oxygen atoms in total. The molecule has 0 spiro atoms. The summed E-state index contributed by atoms with van der Waals surface area (Å²) in [7, 11) is 0. The largest absolute Gasteiger partial charge is 0.0966 e. The highest BCUT2D eigenvalue weighted by molar-refractivity contribution is 9.09. The van der Waals surface area contributed by atoms with Crippen molar-refractivity contribution in [2.24, 2.45) is 5.92 Å². The molecule has 1 saturated carbocycles. The predicted octanol–water partition coefficient (Wildman–Crippen LogP) is 4.83. The average molecular weight is 322 g/mol. The first kappa shape index (κ1) is 14.2. The Balaban J connectivity index is 0.000000379. The third-order valence-electron chi connectivity index (χ3n) is 2.34. The quantitative estimate of drug-likeness (QED) is 0.650. The minimum Gasteiger partial charge on any atom is -0.0966 e. The van der Waals surface area contributed by atoms with Gasteiger partial charge in [0.05, 0.1) is 0 Å². The highest BCUT2D eigenvalue weighted by atomic mass is 79.9. The van der Waals surface area contributed by atoms with Crippen LogP contribution in [0.5, 0.6) is 0 Å². The molecule has 0 aromatic heterocycles. The number of alkyl halides is 2. The topological polar surface area (TPSA) is 0 Å². The van der Waals surface area contributed by atoms with Gasteiger partial charge in [0.15, 0.2) is 0 Å². The van der Waals surface area contributed by atoms with E-state index in [1.54, 1.807) is 0 Å². The summed E-state index contributed by atoms with van der Waals surface area (Å²) < 4.78 is 0. The Morgan fingerprint density at radius 2 is 1.43 bits per heavy atom. The first-order chi connectivity index (χ1) is 6.88. The molecule has 1 aromatic carbocycles. The maximum atomic E-state index is 2.94. The van der Waals surface area contributed by atoms with Gasteiger partial charge < -0.3 is 0 Å². The molecule has 14 heavy (non-hydrogen) atoms. The van der Waals surface area contributed by atoms with Crippen molar-refractivity contribution in [3.63, 3.8) is 0 Å². The molecule has 1 aliphatic rings. The Labute approximate surface area is 104 Å². The van der Waals surface area contributed by atoms with E-state index in [0.717, 1.165) is 11.8 Å². The Kier molecular flexibility index (Phi) is 8.59. The molecule has 0 amide bonds. The molecule has 1 aliphatic carbocycles. The van der Waals surface area contributed by atoms with E-state index >= 15 is 0 Å². The summed E-state index contributed by atoms with van der Waals surface area (Å²) in [6, 6.07) is 10.8. The van der Waals surface area contributed by atoms with E-state index in [0.29, 0.717) is 0 Å². The summed E-state index contributed by atoms with van der Waals surface area (Å²) in [4.78, 5) is 0. The summed E-state index contributed by atoms with van der Waals surface area (Å²) in [6.07, 6.45) is 1.39. The van der Waals surface area contributed by atoms with Gasteiger partial charge in [0.25, 0.3) is 0 Å². The van der Waals surface area contributed by atoms with Crippen LogP contribution in [-0.4, -0.2) is 11.7 Å². The Hall–Kier alpha value is 0.180. The maximum absolute atomic E-state index is 2.94. The molecule has 2 heteroatoms. The molecule has 0 N–H and O–H groups in total. The van der Waals surface area contributed by atoms with Crippen molar-refractivity contribution in [3.8, 4) is 0 Å². The molecule has 2 rings (SSSR count). The molecule has 2 atom stereocenters. The molecular weight excluding hydrogens is 304 g/mol. The SMILES string of the molecule is CBr.CBr.CC1CC1c1ccccc1. The zero-order valence-electron chi connectivity index (χ0n) is 9.00. The molecule has 1 fully saturated rings. The van der Waals surface area contributed by atoms with Crippen LogP contribution < -0.4 is 0 Å². The molecule has 0 bridgehead atoms. The lowest BCUT2D eigenvalue weighted by Crippen LogP contribution is -1.77. The van der Waals surface area contributed by atoms with Crippen LogP contribution in [0.2, 0.25) is 0 Å². The number of hydrogen-bond donors (Lipinski definition) is 0. The van der Waals surface area contributed by atoms with E-state index in [1.807, 2.05) is 11.7 Å². The first-order valence-electron chi connectivity index (χ1n) is 4.68. The molecule has 1 aromatic rings. The van der Waals surface area contributed by atoms with Crippen LogP contribution in [0.3, 0.4) is 0 Å². The first-order valence-corrected chi connectivity index (χ1v) is 7.85. The van der Waals surface area contributed by atoms with Gasteiger partial charge in [0, 0.05) is 0 Å². The molecule has 0 saturated heterocycles. The van der Waals surface area contributed by atoms with Gasteiger partial charge in [-0.15, -0.1) is 0 Å². The standard InChI is InChI=1S/C10H12.2CH3Br/c1-8-7-10(8)9-5-3-2-4-6-9;2*1-2/h2-6,8,10H,7H2,1H3;2*1H3. The van der Waals surface area contributed by atoms with Gasteiger partial charge in [-0.25, -0.2) is 0 Å². The van der Waals surface area contributed by atoms with Gasteiger partial charge in [-0.1, -0.05) is 69.1 Å². The van der Waals surface area contributed by atoms with Crippen molar-refractivity contribution in [1.82, 2.24) is 0 Å². The maximum Gasteiger partial charge on any atom is -0.00848 e. The fourth-order valence-electron chi connectivity index (χ4n) is 1.49. The lowest BCUT2D eigenvalue weighted by molar-refractivity contribution is 0.915. The number of rotatable bonds is 1. The number of hydrogen-bond acceptors (Lipinski definition) is 0. The fraction of sp³-hybridized carbons (Fsp3) is 0.500. The summed E-state index contributed by atoms with van der Waals surface area (Å²) in [6.45, 7) is 2.32. The molecule has 0 heterocycles. The van der Waals surface area contributed by atoms with Gasteiger partial charge in [-0.2, -0.15) is 0 Å². The zero-order valence-corrected chi connectivity index (χ0v) is 12.2. The van der Waals surface area contributed by atoms with E-state index in [9.17, 15) is 0 Å². The van der Waals surface area contributed by atoms with Gasteiger partial charge in [-0.3, -0.25) is 0 Å². The second kappa shape index (κ2) is 8.49. The summed E-state index contributed by atoms with van der Waals surface area (Å²) in [5.74, 6) is 5.43. The Morgan fingerprint density at radius 1 is 1.00 bits per heavy atom. The normalized spacial score (nSPS) is 22.4. The van der Waals surface area contributed by atoms with Crippen LogP contribution in [0.15, 0.2) is 30.3 Å². The molecule has 0 radical (unpaired) electrons. The minimum absolute atomic E-state index is 0.876. The Morgan fingerprint density at radius 3 is 1.79 bits per heavy atom. The summed E-state index contributed by atoms with van der Waals surface area (Å²) in [5, 5.41) is 0. The lowest BCUT2D eigenvalue weighted by Gasteiger charge is -1.94. The van der Waals surface area contributed by atoms with Gasteiger partial charge in [0.1, 0.15) is 0 Å². The zero-order chi connectivity index (χ0) is 11.0. The highest BCUT2D eigenvalue weighted by Gasteiger charge is 2.33. The highest BCUT2D eigenvalue weighted by Crippen LogP contribution is 2.46. The van der Waals surface area contributed by atoms with E-state index in [1.165, 1.54) is 12.0 Å². The number of benzene rings is 1. The average Bonchev–Trinajstić information content (AvgIpc) is 3.03. The van der Waals surface area contributed by atoms with E-state index in [4.69, 9.17) is 0 Å². The Bertz CT molecular complexity index is 221. The van der Waals surface area contributed by atoms with Crippen LogP contribution in [0.25, 0.3) is 0 Å². The van der Waals surface area contributed by atoms with Crippen molar-refractivity contribution in [1.29, 1.82) is 0 Å². The second-order valence-electron chi connectivity index (χ2n) is 3.23. The third kappa shape index (κ3) is 4.61. The van der Waals surface area contributed by atoms with Crippen molar-refractivity contribution >= 4 is 31.9 Å². The lowest BCUT2D eigenvalue weighted by atomic mass is 10.1. The van der Waals surface area contributed by atoms with E-state index in [-0.39, 0.29) is 0 Å². The predicted molar refractivity (Wildman–Crippen MR) is 72.7 cm³/mol. The summed E-state index contributed by atoms with van der Waals surface area (Å²) >= 11 is 5.88. The smallest absolute Gasteiger partial charge is 0.00848 e. The monoisotopic (exact) mass is 320 g/mol. The van der Waals surface area contributed by atoms with Gasteiger partial charge in [0.2, 0.25) is 0 Å². The van der Waals surface area contributed by atoms with Crippen molar-refractivity contribution in [2.45, 2.75) is 19.3 Å². The van der Waals surface area contributed by atoms with Crippen LogP contribution in [-0.2, 0) is 0 Å². The molecule has 80 valence electrons. The second-order valence-corrected chi connectivity index (χ2v) is 3.23. The van der Waals surface area contributed by atoms with E-state index < -0.39 is 0 Å². The summed E-state index contributed by atoms with van der Waals surface area (Å²) in [5.41, 5.74) is 1.52. The third-order valence-corrected chi connectivity index (χ3v) is 2.34. The molecular formula is C12H18Br2. The van der Waals surface area contributed by atoms with Gasteiger partial charge in [-0.05, 0) is 35.5 Å². The van der Waals surface area contributed by atoms with Crippen LogP contribution in [0.1, 0.15) is 24.8 Å². The van der Waals surface area contributed by atoms with Crippen LogP contribution >= 0.6 is 31.9 Å².